The highest BCUT2D eigenvalue weighted by Gasteiger charge is 2.08. The van der Waals surface area contributed by atoms with E-state index in [-0.39, 0.29) is 0 Å². The largest absolute Gasteiger partial charge is 0.497 e. The zero-order chi connectivity index (χ0) is 12.5. The van der Waals surface area contributed by atoms with Crippen LogP contribution in [0.3, 0.4) is 0 Å². The van der Waals surface area contributed by atoms with Crippen molar-refractivity contribution in [3.63, 3.8) is 0 Å². The van der Waals surface area contributed by atoms with Crippen LogP contribution in [-0.4, -0.2) is 7.11 Å². The van der Waals surface area contributed by atoms with Crippen LogP contribution in [0.1, 0.15) is 15.3 Å². The number of rotatable bonds is 3. The number of methoxy groups -OCH3 is 1. The van der Waals surface area contributed by atoms with E-state index in [4.69, 9.17) is 9.15 Å². The third-order valence-corrected chi connectivity index (χ3v) is 4.02. The highest BCUT2D eigenvalue weighted by atomic mass is 32.1. The molecule has 0 spiro atoms. The fourth-order valence-electron chi connectivity index (χ4n) is 2.09. The predicted molar refractivity (Wildman–Crippen MR) is 74.6 cm³/mol. The van der Waals surface area contributed by atoms with Gasteiger partial charge >= 0.3 is 0 Å². The Kier molecular flexibility index (Phi) is 2.84. The quantitative estimate of drug-likeness (QED) is 0.694. The molecule has 0 aliphatic rings. The summed E-state index contributed by atoms with van der Waals surface area (Å²) >= 11 is 1.83. The number of thiophene rings is 1. The highest BCUT2D eigenvalue weighted by Crippen LogP contribution is 2.29. The summed E-state index contributed by atoms with van der Waals surface area (Å²) in [6.07, 6.45) is 2.76. The van der Waals surface area contributed by atoms with Gasteiger partial charge in [0.2, 0.25) is 0 Å². The maximum absolute atomic E-state index is 5.58. The van der Waals surface area contributed by atoms with Gasteiger partial charge in [-0.3, -0.25) is 0 Å². The Labute approximate surface area is 110 Å². The van der Waals surface area contributed by atoms with Crippen molar-refractivity contribution < 1.29 is 9.15 Å². The van der Waals surface area contributed by atoms with Gasteiger partial charge in [0.05, 0.1) is 13.4 Å². The highest BCUT2D eigenvalue weighted by molar-refractivity contribution is 7.11. The maximum atomic E-state index is 5.58. The van der Waals surface area contributed by atoms with Crippen LogP contribution in [0, 0.1) is 6.92 Å². The molecule has 2 nitrogen and oxygen atoms in total. The van der Waals surface area contributed by atoms with Crippen molar-refractivity contribution in [1.29, 1.82) is 0 Å². The predicted octanol–water partition coefficient (Wildman–Crippen LogP) is 4.40. The van der Waals surface area contributed by atoms with Gasteiger partial charge in [-0.2, -0.15) is 0 Å². The van der Waals surface area contributed by atoms with Gasteiger partial charge in [0.25, 0.3) is 0 Å². The third-order valence-electron chi connectivity index (χ3n) is 3.02. The molecule has 3 aromatic rings. The van der Waals surface area contributed by atoms with E-state index >= 15 is 0 Å². The molecular formula is C15H14O2S. The first kappa shape index (κ1) is 11.4. The minimum absolute atomic E-state index is 0.868. The summed E-state index contributed by atoms with van der Waals surface area (Å²) in [6, 6.07) is 10.2. The zero-order valence-electron chi connectivity index (χ0n) is 10.4. The average molecular weight is 258 g/mol. The van der Waals surface area contributed by atoms with E-state index in [1.807, 2.05) is 35.8 Å². The lowest BCUT2D eigenvalue weighted by Crippen LogP contribution is -1.84. The molecule has 0 bridgehead atoms. The molecule has 0 saturated heterocycles. The van der Waals surface area contributed by atoms with Gasteiger partial charge in [0, 0.05) is 27.1 Å². The maximum Gasteiger partial charge on any atom is 0.134 e. The number of benzene rings is 1. The summed E-state index contributed by atoms with van der Waals surface area (Å²) in [6.45, 7) is 2.13. The molecule has 3 heteroatoms. The van der Waals surface area contributed by atoms with Crippen molar-refractivity contribution in [3.8, 4) is 5.75 Å². The van der Waals surface area contributed by atoms with E-state index in [1.54, 1.807) is 7.11 Å². The van der Waals surface area contributed by atoms with Gasteiger partial charge in [-0.15, -0.1) is 11.3 Å². The van der Waals surface area contributed by atoms with Crippen LogP contribution >= 0.6 is 11.3 Å². The fraction of sp³-hybridized carbons (Fsp3) is 0.200. The van der Waals surface area contributed by atoms with E-state index < -0.39 is 0 Å². The van der Waals surface area contributed by atoms with Crippen LogP contribution in [0.25, 0.3) is 11.0 Å². The molecule has 0 saturated carbocycles. The van der Waals surface area contributed by atoms with Crippen LogP contribution in [0.5, 0.6) is 5.75 Å². The Balaban J connectivity index is 2.01. The van der Waals surface area contributed by atoms with E-state index in [2.05, 4.69) is 19.1 Å². The van der Waals surface area contributed by atoms with E-state index in [9.17, 15) is 0 Å². The van der Waals surface area contributed by atoms with Crippen molar-refractivity contribution in [1.82, 2.24) is 0 Å². The summed E-state index contributed by atoms with van der Waals surface area (Å²) in [4.78, 5) is 2.70. The molecule has 2 heterocycles. The summed E-state index contributed by atoms with van der Waals surface area (Å²) < 4.78 is 10.8. The van der Waals surface area contributed by atoms with Gasteiger partial charge in [-0.05, 0) is 37.3 Å². The lowest BCUT2D eigenvalue weighted by molar-refractivity contribution is 0.415. The van der Waals surface area contributed by atoms with E-state index in [0.717, 1.165) is 23.1 Å². The second kappa shape index (κ2) is 4.50. The monoisotopic (exact) mass is 258 g/mol. The first-order valence-corrected chi connectivity index (χ1v) is 6.67. The number of hydrogen-bond acceptors (Lipinski definition) is 3. The van der Waals surface area contributed by atoms with Gasteiger partial charge < -0.3 is 9.15 Å². The number of hydrogen-bond donors (Lipinski definition) is 0. The zero-order valence-corrected chi connectivity index (χ0v) is 11.2. The van der Waals surface area contributed by atoms with Gasteiger partial charge in [-0.1, -0.05) is 0 Å². The molecule has 0 unspecified atom stereocenters. The molecule has 0 amide bonds. The van der Waals surface area contributed by atoms with E-state index in [1.165, 1.54) is 15.3 Å². The summed E-state index contributed by atoms with van der Waals surface area (Å²) in [5, 5.41) is 1.14. The standard InChI is InChI=1S/C15H14O2S/c1-10-3-5-13(18-10)7-11-9-17-15-6-4-12(16-2)8-14(11)15/h3-6,8-9H,7H2,1-2H3. The summed E-state index contributed by atoms with van der Waals surface area (Å²) in [5.41, 5.74) is 2.13. The van der Waals surface area contributed by atoms with Crippen molar-refractivity contribution in [2.75, 3.05) is 7.11 Å². The number of ether oxygens (including phenoxy) is 1. The SMILES string of the molecule is COc1ccc2occ(Cc3ccc(C)s3)c2c1. The Morgan fingerprint density at radius 3 is 2.83 bits per heavy atom. The normalized spacial score (nSPS) is 11.0. The van der Waals surface area contributed by atoms with Crippen LogP contribution < -0.4 is 4.74 Å². The van der Waals surface area contributed by atoms with E-state index in [0.29, 0.717) is 0 Å². The van der Waals surface area contributed by atoms with Gasteiger partial charge in [0.15, 0.2) is 0 Å². The smallest absolute Gasteiger partial charge is 0.134 e. The molecule has 18 heavy (non-hydrogen) atoms. The summed E-state index contributed by atoms with van der Waals surface area (Å²) in [5.74, 6) is 0.868. The first-order valence-electron chi connectivity index (χ1n) is 5.85. The van der Waals surface area contributed by atoms with Crippen molar-refractivity contribution in [2.24, 2.45) is 0 Å². The van der Waals surface area contributed by atoms with Gasteiger partial charge in [-0.25, -0.2) is 0 Å². The molecule has 1 aromatic carbocycles. The van der Waals surface area contributed by atoms with Crippen LogP contribution in [0.15, 0.2) is 41.0 Å². The molecular weight excluding hydrogens is 244 g/mol. The third kappa shape index (κ3) is 2.02. The molecule has 0 aliphatic carbocycles. The molecule has 0 radical (unpaired) electrons. The topological polar surface area (TPSA) is 22.4 Å². The molecule has 3 rings (SSSR count). The Bertz CT molecular complexity index is 679. The molecule has 0 N–H and O–H groups in total. The lowest BCUT2D eigenvalue weighted by atomic mass is 10.1. The van der Waals surface area contributed by atoms with Crippen molar-refractivity contribution in [3.05, 3.63) is 51.9 Å². The first-order chi connectivity index (χ1) is 8.76. The van der Waals surface area contributed by atoms with Crippen LogP contribution in [0.2, 0.25) is 0 Å². The van der Waals surface area contributed by atoms with Gasteiger partial charge in [0.1, 0.15) is 11.3 Å². The number of fused-ring (bicyclic) bond motifs is 1. The van der Waals surface area contributed by atoms with Crippen LogP contribution in [0.4, 0.5) is 0 Å². The Morgan fingerprint density at radius 2 is 2.11 bits per heavy atom. The lowest BCUT2D eigenvalue weighted by Gasteiger charge is -2.00. The molecule has 0 atom stereocenters. The molecule has 2 aromatic heterocycles. The number of aryl methyl sites for hydroxylation is 1. The average Bonchev–Trinajstić information content (AvgIpc) is 2.96. The fourth-order valence-corrected chi connectivity index (χ4v) is 3.01. The Morgan fingerprint density at radius 1 is 1.22 bits per heavy atom. The van der Waals surface area contributed by atoms with Crippen molar-refractivity contribution in [2.45, 2.75) is 13.3 Å². The minimum atomic E-state index is 0.868. The minimum Gasteiger partial charge on any atom is -0.497 e. The molecule has 0 aliphatic heterocycles. The molecule has 92 valence electrons. The second-order valence-electron chi connectivity index (χ2n) is 4.31. The number of furan rings is 1. The summed E-state index contributed by atoms with van der Waals surface area (Å²) in [7, 11) is 1.68. The van der Waals surface area contributed by atoms with Crippen molar-refractivity contribution >= 4 is 22.3 Å². The second-order valence-corrected chi connectivity index (χ2v) is 5.68. The van der Waals surface area contributed by atoms with Crippen LogP contribution in [-0.2, 0) is 6.42 Å². The molecule has 0 fully saturated rings. The Hall–Kier alpha value is -1.74.